The van der Waals surface area contributed by atoms with Crippen LogP contribution in [0.2, 0.25) is 0 Å². The molecule has 1 N–H and O–H groups in total. The zero-order chi connectivity index (χ0) is 20.8. The summed E-state index contributed by atoms with van der Waals surface area (Å²) in [6.07, 6.45) is 1.42. The largest absolute Gasteiger partial charge is 0.340 e. The van der Waals surface area contributed by atoms with Gasteiger partial charge in [0, 0.05) is 55.0 Å². The lowest BCUT2D eigenvalue weighted by Gasteiger charge is -2.23. The number of benzene rings is 1. The molecule has 5 rings (SSSR count). The molecule has 2 aliphatic rings. The summed E-state index contributed by atoms with van der Waals surface area (Å²) in [5.74, 6) is 0.925. The molecule has 2 saturated heterocycles. The van der Waals surface area contributed by atoms with Crippen LogP contribution in [-0.4, -0.2) is 62.1 Å². The number of hydrogen-bond donors (Lipinski definition) is 1. The molecular weight excluding hydrogens is 385 g/mol. The Hall–Kier alpha value is -3.36. The number of amides is 1. The number of anilines is 1. The summed E-state index contributed by atoms with van der Waals surface area (Å²) in [6.45, 7) is 6.71. The fourth-order valence-electron chi connectivity index (χ4n) is 4.61. The van der Waals surface area contributed by atoms with E-state index in [1.165, 1.54) is 12.4 Å². The van der Waals surface area contributed by atoms with E-state index < -0.39 is 5.82 Å². The van der Waals surface area contributed by atoms with Crippen molar-refractivity contribution in [2.75, 3.05) is 31.1 Å². The van der Waals surface area contributed by atoms with E-state index in [0.29, 0.717) is 36.3 Å². The molecule has 9 heteroatoms. The number of H-pyrrole nitrogens is 1. The van der Waals surface area contributed by atoms with Crippen LogP contribution in [0.4, 0.5) is 10.3 Å². The number of carbonyl (C=O) groups excluding carboxylic acids is 1. The van der Waals surface area contributed by atoms with Gasteiger partial charge < -0.3 is 14.8 Å². The number of likely N-dealkylation sites (tertiary alicyclic amines) is 1. The van der Waals surface area contributed by atoms with E-state index in [0.717, 1.165) is 30.4 Å². The van der Waals surface area contributed by atoms with E-state index in [1.54, 1.807) is 17.0 Å². The van der Waals surface area contributed by atoms with Crippen molar-refractivity contribution in [3.8, 4) is 11.4 Å². The topological polar surface area (TPSA) is 90.9 Å². The molecule has 30 heavy (non-hydrogen) atoms. The molecule has 2 aliphatic heterocycles. The average molecular weight is 407 g/mol. The van der Waals surface area contributed by atoms with E-state index in [-0.39, 0.29) is 11.5 Å². The van der Waals surface area contributed by atoms with Gasteiger partial charge >= 0.3 is 0 Å². The predicted molar refractivity (Wildman–Crippen MR) is 108 cm³/mol. The number of aromatic amines is 1. The SMILES string of the molecule is Cc1cc(C)nc(N2CC3CN(C(=O)c4c(F)cccc4-c4nnc[nH]4)CC3C2)n1. The zero-order valence-corrected chi connectivity index (χ0v) is 16.8. The van der Waals surface area contributed by atoms with Crippen LogP contribution in [0.15, 0.2) is 30.6 Å². The number of carbonyl (C=O) groups is 1. The molecule has 2 aromatic heterocycles. The Bertz CT molecular complexity index is 1070. The van der Waals surface area contributed by atoms with E-state index in [4.69, 9.17) is 0 Å². The lowest BCUT2D eigenvalue weighted by molar-refractivity contribution is 0.0778. The second-order valence-electron chi connectivity index (χ2n) is 8.09. The van der Waals surface area contributed by atoms with Gasteiger partial charge in [-0.2, -0.15) is 0 Å². The summed E-state index contributed by atoms with van der Waals surface area (Å²) in [6, 6.07) is 6.53. The fourth-order valence-corrected chi connectivity index (χ4v) is 4.61. The van der Waals surface area contributed by atoms with Crippen LogP contribution in [0.3, 0.4) is 0 Å². The smallest absolute Gasteiger partial charge is 0.257 e. The number of fused-ring (bicyclic) bond motifs is 1. The van der Waals surface area contributed by atoms with Gasteiger partial charge in [-0.1, -0.05) is 12.1 Å². The third-order valence-corrected chi connectivity index (χ3v) is 5.93. The molecule has 2 atom stereocenters. The molecular formula is C21H22FN7O. The van der Waals surface area contributed by atoms with Gasteiger partial charge in [0.15, 0.2) is 5.82 Å². The van der Waals surface area contributed by atoms with E-state index in [2.05, 4.69) is 30.0 Å². The van der Waals surface area contributed by atoms with E-state index >= 15 is 0 Å². The van der Waals surface area contributed by atoms with Crippen LogP contribution >= 0.6 is 0 Å². The summed E-state index contributed by atoms with van der Waals surface area (Å²) >= 11 is 0. The highest BCUT2D eigenvalue weighted by Crippen LogP contribution is 2.35. The summed E-state index contributed by atoms with van der Waals surface area (Å²) in [7, 11) is 0. The molecule has 2 fully saturated rings. The lowest BCUT2D eigenvalue weighted by atomic mass is 10.0. The molecule has 8 nitrogen and oxygen atoms in total. The second kappa shape index (κ2) is 7.16. The van der Waals surface area contributed by atoms with Crippen LogP contribution in [0.25, 0.3) is 11.4 Å². The van der Waals surface area contributed by atoms with Crippen LogP contribution < -0.4 is 4.90 Å². The van der Waals surface area contributed by atoms with E-state index in [1.807, 2.05) is 19.9 Å². The molecule has 4 heterocycles. The van der Waals surface area contributed by atoms with Crippen LogP contribution in [0.1, 0.15) is 21.7 Å². The van der Waals surface area contributed by atoms with Gasteiger partial charge in [-0.3, -0.25) is 4.79 Å². The highest BCUT2D eigenvalue weighted by atomic mass is 19.1. The Morgan fingerprint density at radius 2 is 1.80 bits per heavy atom. The molecule has 154 valence electrons. The average Bonchev–Trinajstić information content (AvgIpc) is 3.43. The van der Waals surface area contributed by atoms with Gasteiger partial charge in [0.2, 0.25) is 5.95 Å². The lowest BCUT2D eigenvalue weighted by Crippen LogP contribution is -2.34. The monoisotopic (exact) mass is 407 g/mol. The minimum Gasteiger partial charge on any atom is -0.340 e. The van der Waals surface area contributed by atoms with E-state index in [9.17, 15) is 9.18 Å². The summed E-state index contributed by atoms with van der Waals surface area (Å²) in [5.41, 5.74) is 2.38. The van der Waals surface area contributed by atoms with Crippen molar-refractivity contribution in [1.82, 2.24) is 30.0 Å². The Labute approximate surface area is 173 Å². The molecule has 0 radical (unpaired) electrons. The third-order valence-electron chi connectivity index (χ3n) is 5.93. The summed E-state index contributed by atoms with van der Waals surface area (Å²) in [4.78, 5) is 29.2. The Morgan fingerprint density at radius 1 is 1.10 bits per heavy atom. The quantitative estimate of drug-likeness (QED) is 0.716. The first-order valence-electron chi connectivity index (χ1n) is 10.0. The van der Waals surface area contributed by atoms with Crippen molar-refractivity contribution in [1.29, 1.82) is 0 Å². The summed E-state index contributed by atoms with van der Waals surface area (Å²) < 4.78 is 14.7. The van der Waals surface area contributed by atoms with Gasteiger partial charge in [-0.25, -0.2) is 14.4 Å². The maximum absolute atomic E-state index is 14.7. The minimum atomic E-state index is -0.545. The zero-order valence-electron chi connectivity index (χ0n) is 16.8. The number of aromatic nitrogens is 5. The van der Waals surface area contributed by atoms with Gasteiger partial charge in [0.1, 0.15) is 12.1 Å². The Morgan fingerprint density at radius 3 is 2.43 bits per heavy atom. The van der Waals surface area contributed by atoms with Crippen molar-refractivity contribution >= 4 is 11.9 Å². The maximum Gasteiger partial charge on any atom is 0.257 e. The first-order valence-corrected chi connectivity index (χ1v) is 10.0. The Kier molecular flexibility index (Phi) is 4.45. The summed E-state index contributed by atoms with van der Waals surface area (Å²) in [5, 5.41) is 7.70. The normalized spacial score (nSPS) is 20.6. The predicted octanol–water partition coefficient (Wildman–Crippen LogP) is 2.23. The van der Waals surface area contributed by atoms with Crippen molar-refractivity contribution in [2.24, 2.45) is 11.8 Å². The maximum atomic E-state index is 14.7. The third kappa shape index (κ3) is 3.20. The van der Waals surface area contributed by atoms with Gasteiger partial charge in [0.25, 0.3) is 5.91 Å². The minimum absolute atomic E-state index is 0.0451. The first kappa shape index (κ1) is 18.7. The van der Waals surface area contributed by atoms with Crippen molar-refractivity contribution in [3.63, 3.8) is 0 Å². The number of halogens is 1. The molecule has 0 saturated carbocycles. The number of nitrogens with zero attached hydrogens (tertiary/aromatic N) is 6. The number of hydrogen-bond acceptors (Lipinski definition) is 6. The number of nitrogens with one attached hydrogen (secondary N) is 1. The Balaban J connectivity index is 1.35. The van der Waals surface area contributed by atoms with Crippen LogP contribution in [0, 0.1) is 31.5 Å². The highest BCUT2D eigenvalue weighted by molar-refractivity contribution is 6.00. The first-order chi connectivity index (χ1) is 14.5. The van der Waals surface area contributed by atoms with Gasteiger partial charge in [0.05, 0.1) is 5.56 Å². The molecule has 0 spiro atoms. The van der Waals surface area contributed by atoms with Gasteiger partial charge in [-0.05, 0) is 26.0 Å². The molecule has 0 aliphatic carbocycles. The highest BCUT2D eigenvalue weighted by Gasteiger charge is 2.43. The van der Waals surface area contributed by atoms with Crippen molar-refractivity contribution in [2.45, 2.75) is 13.8 Å². The second-order valence-corrected chi connectivity index (χ2v) is 8.09. The fraction of sp³-hybridized carbons (Fsp3) is 0.381. The van der Waals surface area contributed by atoms with Crippen molar-refractivity contribution in [3.05, 3.63) is 53.4 Å². The molecule has 2 unspecified atom stereocenters. The van der Waals surface area contributed by atoms with Crippen LogP contribution in [-0.2, 0) is 0 Å². The molecule has 0 bridgehead atoms. The van der Waals surface area contributed by atoms with Crippen LogP contribution in [0.5, 0.6) is 0 Å². The van der Waals surface area contributed by atoms with Crippen molar-refractivity contribution < 1.29 is 9.18 Å². The number of rotatable bonds is 3. The van der Waals surface area contributed by atoms with Gasteiger partial charge in [-0.15, -0.1) is 10.2 Å². The standard InChI is InChI=1S/C21H22FN7O/c1-12-6-13(2)26-21(25-12)29-9-14-7-28(8-15(14)10-29)20(30)18-16(4-3-5-17(18)22)19-23-11-24-27-19/h3-6,11,14-15H,7-10H2,1-2H3,(H,23,24,27). The molecule has 1 amide bonds. The molecule has 1 aromatic carbocycles. The molecule has 3 aromatic rings. The number of aryl methyl sites for hydroxylation is 2.